The van der Waals surface area contributed by atoms with Crippen molar-refractivity contribution >= 4 is 20.2 Å². The van der Waals surface area contributed by atoms with Gasteiger partial charge in [-0.25, -0.2) is 9.36 Å². The van der Waals surface area contributed by atoms with Crippen LogP contribution in [-0.4, -0.2) is 55.7 Å². The summed E-state index contributed by atoms with van der Waals surface area (Å²) in [4.78, 5) is -1.43. The van der Waals surface area contributed by atoms with E-state index in [2.05, 4.69) is 10.2 Å². The highest BCUT2D eigenvalue weighted by Crippen LogP contribution is 2.41. The molecule has 0 fully saturated rings. The van der Waals surface area contributed by atoms with E-state index < -0.39 is 64.0 Å². The number of benzene rings is 1. The Kier molecular flexibility index (Phi) is 4.73. The van der Waals surface area contributed by atoms with Gasteiger partial charge >= 0.3 is 0 Å². The number of hydrogen-bond acceptors (Lipinski definition) is 10. The van der Waals surface area contributed by atoms with Crippen LogP contribution in [0.3, 0.4) is 0 Å². The van der Waals surface area contributed by atoms with Crippen LogP contribution in [0.2, 0.25) is 0 Å². The lowest BCUT2D eigenvalue weighted by molar-refractivity contribution is 0.449. The first-order valence-electron chi connectivity index (χ1n) is 7.37. The molecule has 14 nitrogen and oxygen atoms in total. The third-order valence-corrected chi connectivity index (χ3v) is 5.40. The van der Waals surface area contributed by atoms with E-state index in [0.29, 0.717) is 34.2 Å². The minimum absolute atomic E-state index is 0.581. The molecule has 0 radical (unpaired) electrons. The lowest BCUT2D eigenvalue weighted by atomic mass is 10.0. The average Bonchev–Trinajstić information content (AvgIpc) is 3.31. The first-order valence-corrected chi connectivity index (χ1v) is 10.2. The summed E-state index contributed by atoms with van der Waals surface area (Å²) in [5, 5.41) is 46.9. The van der Waals surface area contributed by atoms with Gasteiger partial charge in [0, 0.05) is 0 Å². The van der Waals surface area contributed by atoms with Gasteiger partial charge in [-0.3, -0.25) is 9.11 Å². The van der Waals surface area contributed by atoms with E-state index in [0.717, 1.165) is 0 Å². The Morgan fingerprint density at radius 1 is 0.767 bits per heavy atom. The number of phenolic OH excluding ortho intramolecular Hbond substituents is 2. The van der Waals surface area contributed by atoms with Crippen LogP contribution in [0.25, 0.3) is 11.4 Å². The summed E-state index contributed by atoms with van der Waals surface area (Å²) in [5.41, 5.74) is -2.55. The number of aromatic hydroxyl groups is 2. The van der Waals surface area contributed by atoms with Crippen LogP contribution >= 0.6 is 0 Å². The molecule has 0 bridgehead atoms. The molecule has 0 spiro atoms. The zero-order valence-corrected chi connectivity index (χ0v) is 15.9. The minimum Gasteiger partial charge on any atom is -0.504 e. The Labute approximate surface area is 167 Å². The Morgan fingerprint density at radius 2 is 1.10 bits per heavy atom. The second-order valence-electron chi connectivity index (χ2n) is 5.56. The van der Waals surface area contributed by atoms with Crippen LogP contribution in [0.1, 0.15) is 11.1 Å². The second-order valence-corrected chi connectivity index (χ2v) is 8.40. The van der Waals surface area contributed by atoms with Gasteiger partial charge in [-0.1, -0.05) is 0 Å². The van der Waals surface area contributed by atoms with E-state index in [1.807, 2.05) is 0 Å². The van der Waals surface area contributed by atoms with Crippen molar-refractivity contribution in [2.45, 2.75) is 9.79 Å². The SMILES string of the molecule is N#Cc1c(O)c(-n2cc(S(=O)(=O)O)cn2)c(-n2cc(S(=O)(=O)O)cn2)c(O)c1C#N. The lowest BCUT2D eigenvalue weighted by Crippen LogP contribution is -2.08. The molecule has 0 saturated heterocycles. The minimum atomic E-state index is -4.71. The van der Waals surface area contributed by atoms with E-state index in [-0.39, 0.29) is 0 Å². The van der Waals surface area contributed by atoms with Crippen molar-refractivity contribution in [1.82, 2.24) is 19.6 Å². The zero-order chi connectivity index (χ0) is 22.4. The van der Waals surface area contributed by atoms with Crippen molar-refractivity contribution in [3.05, 3.63) is 35.9 Å². The number of aromatic nitrogens is 4. The number of phenols is 2. The van der Waals surface area contributed by atoms with E-state index in [4.69, 9.17) is 9.11 Å². The van der Waals surface area contributed by atoms with Gasteiger partial charge < -0.3 is 10.2 Å². The first-order chi connectivity index (χ1) is 13.9. The molecule has 0 aliphatic heterocycles. The molecule has 0 aliphatic carbocycles. The van der Waals surface area contributed by atoms with Gasteiger partial charge in [0.15, 0.2) is 11.5 Å². The van der Waals surface area contributed by atoms with E-state index in [1.165, 1.54) is 12.1 Å². The summed E-state index contributed by atoms with van der Waals surface area (Å²) in [6.45, 7) is 0. The van der Waals surface area contributed by atoms with Gasteiger partial charge in [-0.2, -0.15) is 37.6 Å². The summed E-state index contributed by atoms with van der Waals surface area (Å²) in [5.74, 6) is -1.87. The van der Waals surface area contributed by atoms with Gasteiger partial charge in [0.2, 0.25) is 0 Å². The molecule has 2 aromatic heterocycles. The fourth-order valence-electron chi connectivity index (χ4n) is 2.47. The maximum Gasteiger partial charge on any atom is 0.297 e. The fraction of sp³-hybridized carbons (Fsp3) is 0. The Hall–Kier alpha value is -3.96. The predicted molar refractivity (Wildman–Crippen MR) is 93.1 cm³/mol. The molecule has 0 atom stereocenters. The van der Waals surface area contributed by atoms with Crippen LogP contribution in [0.5, 0.6) is 11.5 Å². The molecule has 0 aliphatic rings. The number of nitriles is 2. The Bertz CT molecular complexity index is 1370. The van der Waals surface area contributed by atoms with Crippen molar-refractivity contribution < 1.29 is 36.2 Å². The molecule has 0 amide bonds. The summed E-state index contributed by atoms with van der Waals surface area (Å²) in [7, 11) is -9.43. The Balaban J connectivity index is 2.46. The van der Waals surface area contributed by atoms with E-state index >= 15 is 0 Å². The van der Waals surface area contributed by atoms with Crippen LogP contribution < -0.4 is 0 Å². The Morgan fingerprint density at radius 3 is 1.33 bits per heavy atom. The molecule has 16 heteroatoms. The first kappa shape index (κ1) is 20.8. The van der Waals surface area contributed by atoms with Crippen molar-refractivity contribution in [2.75, 3.05) is 0 Å². The molecule has 2 heterocycles. The van der Waals surface area contributed by atoms with E-state index in [9.17, 15) is 37.6 Å². The standard InChI is InChI=1S/C14H8N6O8S2/c15-1-9-10(2-16)14(22)12(20-6-8(4-18-20)30(26,27)28)11(13(9)21)19-5-7(3-17-19)29(23,24)25/h3-6,21-22H,(H,23,24,25)(H,26,27,28). The summed E-state index contributed by atoms with van der Waals surface area (Å²) in [6, 6.07) is 3.01. The molecular weight excluding hydrogens is 444 g/mol. The largest absolute Gasteiger partial charge is 0.504 e. The highest BCUT2D eigenvalue weighted by molar-refractivity contribution is 7.86. The summed E-state index contributed by atoms with van der Waals surface area (Å²) in [6.07, 6.45) is 2.81. The lowest BCUT2D eigenvalue weighted by Gasteiger charge is -2.16. The molecule has 0 saturated carbocycles. The van der Waals surface area contributed by atoms with E-state index in [1.54, 1.807) is 0 Å². The average molecular weight is 452 g/mol. The normalized spacial score (nSPS) is 11.7. The maximum atomic E-state index is 11.3. The summed E-state index contributed by atoms with van der Waals surface area (Å²) < 4.78 is 64.8. The molecule has 1 aromatic carbocycles. The van der Waals surface area contributed by atoms with Crippen molar-refractivity contribution in [3.8, 4) is 35.0 Å². The topological polar surface area (TPSA) is 232 Å². The highest BCUT2D eigenvalue weighted by atomic mass is 32.2. The van der Waals surface area contributed by atoms with Gasteiger partial charge in [0.25, 0.3) is 20.2 Å². The van der Waals surface area contributed by atoms with Crippen LogP contribution in [-0.2, 0) is 20.2 Å². The number of hydrogen-bond donors (Lipinski definition) is 4. The monoisotopic (exact) mass is 452 g/mol. The van der Waals surface area contributed by atoms with Gasteiger partial charge in [0.05, 0.1) is 24.8 Å². The van der Waals surface area contributed by atoms with Crippen LogP contribution in [0.15, 0.2) is 34.6 Å². The number of rotatable bonds is 4. The van der Waals surface area contributed by atoms with Crippen molar-refractivity contribution in [2.24, 2.45) is 0 Å². The quantitative estimate of drug-likeness (QED) is 0.295. The zero-order valence-electron chi connectivity index (χ0n) is 14.2. The van der Waals surface area contributed by atoms with Gasteiger partial charge in [-0.15, -0.1) is 0 Å². The molecule has 0 unspecified atom stereocenters. The maximum absolute atomic E-state index is 11.3. The van der Waals surface area contributed by atoms with Gasteiger partial charge in [-0.05, 0) is 0 Å². The fourth-order valence-corrected chi connectivity index (χ4v) is 3.30. The smallest absolute Gasteiger partial charge is 0.297 e. The number of nitrogens with zero attached hydrogens (tertiary/aromatic N) is 6. The molecule has 154 valence electrons. The summed E-state index contributed by atoms with van der Waals surface area (Å²) >= 11 is 0. The van der Waals surface area contributed by atoms with Crippen molar-refractivity contribution in [1.29, 1.82) is 10.5 Å². The second kappa shape index (κ2) is 6.83. The molecule has 4 N–H and O–H groups in total. The highest BCUT2D eigenvalue weighted by Gasteiger charge is 2.29. The third kappa shape index (κ3) is 3.32. The van der Waals surface area contributed by atoms with Gasteiger partial charge in [0.1, 0.15) is 44.4 Å². The van der Waals surface area contributed by atoms with Crippen LogP contribution in [0, 0.1) is 22.7 Å². The predicted octanol–water partition coefficient (Wildman–Crippen LogP) is -0.294. The molecule has 3 rings (SSSR count). The molecule has 30 heavy (non-hydrogen) atoms. The third-order valence-electron chi connectivity index (χ3n) is 3.79. The molecular formula is C14H8N6O8S2. The molecule has 3 aromatic rings. The van der Waals surface area contributed by atoms with Crippen LogP contribution in [0.4, 0.5) is 0 Å². The van der Waals surface area contributed by atoms with Crippen molar-refractivity contribution in [3.63, 3.8) is 0 Å².